The van der Waals surface area contributed by atoms with Crippen molar-refractivity contribution >= 4 is 0 Å². The molecule has 1 atom stereocenters. The molecule has 1 heteroatoms. The Kier molecular flexibility index (Phi) is 4.38. The molecule has 1 nitrogen and oxygen atoms in total. The van der Waals surface area contributed by atoms with E-state index >= 15 is 0 Å². The highest BCUT2D eigenvalue weighted by molar-refractivity contribution is 5.20. The Bertz CT molecular complexity index is 366. The SMILES string of the molecule is CCCN1CCC(C)=CC1Cc1ccccc1. The van der Waals surface area contributed by atoms with E-state index < -0.39 is 0 Å². The zero-order valence-corrected chi connectivity index (χ0v) is 11.0. The van der Waals surface area contributed by atoms with Gasteiger partial charge in [-0.05, 0) is 38.3 Å². The Morgan fingerprint density at radius 3 is 2.71 bits per heavy atom. The maximum absolute atomic E-state index is 2.62. The Morgan fingerprint density at radius 1 is 1.24 bits per heavy atom. The van der Waals surface area contributed by atoms with Gasteiger partial charge in [0, 0.05) is 12.6 Å². The van der Waals surface area contributed by atoms with Crippen molar-refractivity contribution in [1.29, 1.82) is 0 Å². The first kappa shape index (κ1) is 12.4. The van der Waals surface area contributed by atoms with Gasteiger partial charge >= 0.3 is 0 Å². The molecule has 0 spiro atoms. The molecule has 0 saturated carbocycles. The third-order valence-corrected chi connectivity index (χ3v) is 3.54. The van der Waals surface area contributed by atoms with E-state index in [1.165, 1.54) is 31.5 Å². The van der Waals surface area contributed by atoms with Gasteiger partial charge in [0.1, 0.15) is 0 Å². The number of hydrogen-bond donors (Lipinski definition) is 0. The normalized spacial score (nSPS) is 21.3. The second kappa shape index (κ2) is 6.02. The van der Waals surface area contributed by atoms with E-state index in [9.17, 15) is 0 Å². The lowest BCUT2D eigenvalue weighted by molar-refractivity contribution is 0.218. The highest BCUT2D eigenvalue weighted by Gasteiger charge is 2.19. The molecule has 1 aromatic carbocycles. The van der Waals surface area contributed by atoms with Gasteiger partial charge in [-0.25, -0.2) is 0 Å². The summed E-state index contributed by atoms with van der Waals surface area (Å²) in [7, 11) is 0. The Labute approximate surface area is 105 Å². The highest BCUT2D eigenvalue weighted by Crippen LogP contribution is 2.19. The molecule has 92 valence electrons. The minimum atomic E-state index is 0.603. The molecule has 0 aromatic heterocycles. The average Bonchev–Trinajstić information content (AvgIpc) is 2.34. The van der Waals surface area contributed by atoms with Crippen molar-refractivity contribution in [2.75, 3.05) is 13.1 Å². The summed E-state index contributed by atoms with van der Waals surface area (Å²) in [5, 5.41) is 0. The van der Waals surface area contributed by atoms with Crippen LogP contribution in [0.25, 0.3) is 0 Å². The molecule has 0 fully saturated rings. The molecule has 0 N–H and O–H groups in total. The van der Waals surface area contributed by atoms with E-state index in [-0.39, 0.29) is 0 Å². The van der Waals surface area contributed by atoms with Crippen molar-refractivity contribution in [2.24, 2.45) is 0 Å². The summed E-state index contributed by atoms with van der Waals surface area (Å²) in [6.45, 7) is 6.99. The van der Waals surface area contributed by atoms with Crippen LogP contribution in [0.4, 0.5) is 0 Å². The predicted octanol–water partition coefficient (Wildman–Crippen LogP) is 3.66. The molecule has 1 aromatic rings. The third-order valence-electron chi connectivity index (χ3n) is 3.54. The van der Waals surface area contributed by atoms with Crippen LogP contribution in [-0.4, -0.2) is 24.0 Å². The van der Waals surface area contributed by atoms with E-state index in [1.807, 2.05) is 0 Å². The molecular formula is C16H23N. The lowest BCUT2D eigenvalue weighted by Gasteiger charge is -2.33. The van der Waals surface area contributed by atoms with Crippen LogP contribution in [0.2, 0.25) is 0 Å². The summed E-state index contributed by atoms with van der Waals surface area (Å²) in [6.07, 6.45) is 6.10. The lowest BCUT2D eigenvalue weighted by atomic mass is 9.97. The minimum Gasteiger partial charge on any atom is -0.296 e. The largest absolute Gasteiger partial charge is 0.296 e. The van der Waals surface area contributed by atoms with Gasteiger partial charge in [-0.15, -0.1) is 0 Å². The first-order valence-electron chi connectivity index (χ1n) is 6.75. The van der Waals surface area contributed by atoms with Gasteiger partial charge in [0.15, 0.2) is 0 Å². The molecule has 17 heavy (non-hydrogen) atoms. The van der Waals surface area contributed by atoms with Gasteiger partial charge in [0.25, 0.3) is 0 Å². The molecule has 0 saturated heterocycles. The molecular weight excluding hydrogens is 206 g/mol. The van der Waals surface area contributed by atoms with Crippen molar-refractivity contribution in [3.63, 3.8) is 0 Å². The van der Waals surface area contributed by atoms with Crippen LogP contribution in [0, 0.1) is 0 Å². The van der Waals surface area contributed by atoms with Crippen molar-refractivity contribution in [3.05, 3.63) is 47.5 Å². The quantitative estimate of drug-likeness (QED) is 0.712. The first-order valence-corrected chi connectivity index (χ1v) is 6.75. The molecule has 0 aliphatic carbocycles. The van der Waals surface area contributed by atoms with Crippen LogP contribution < -0.4 is 0 Å². The molecule has 0 bridgehead atoms. The maximum Gasteiger partial charge on any atom is 0.0321 e. The van der Waals surface area contributed by atoms with Gasteiger partial charge < -0.3 is 0 Å². The van der Waals surface area contributed by atoms with E-state index in [0.29, 0.717) is 6.04 Å². The van der Waals surface area contributed by atoms with Crippen molar-refractivity contribution in [3.8, 4) is 0 Å². The first-order chi connectivity index (χ1) is 8.29. The average molecular weight is 229 g/mol. The zero-order valence-electron chi connectivity index (χ0n) is 11.0. The van der Waals surface area contributed by atoms with Gasteiger partial charge in [0.2, 0.25) is 0 Å². The molecule has 1 aliphatic rings. The smallest absolute Gasteiger partial charge is 0.0321 e. The topological polar surface area (TPSA) is 3.24 Å². The van der Waals surface area contributed by atoms with E-state index in [4.69, 9.17) is 0 Å². The molecule has 1 unspecified atom stereocenters. The second-order valence-electron chi connectivity index (χ2n) is 5.06. The van der Waals surface area contributed by atoms with Crippen LogP contribution in [0.1, 0.15) is 32.3 Å². The van der Waals surface area contributed by atoms with Crippen LogP contribution >= 0.6 is 0 Å². The monoisotopic (exact) mass is 229 g/mol. The standard InChI is InChI=1S/C16H23N/c1-3-10-17-11-9-14(2)12-16(17)13-15-7-5-4-6-8-15/h4-8,12,16H,3,9-11,13H2,1-2H3. The second-order valence-corrected chi connectivity index (χ2v) is 5.06. The Balaban J connectivity index is 2.07. The molecule has 1 heterocycles. The van der Waals surface area contributed by atoms with Crippen molar-refractivity contribution in [1.82, 2.24) is 4.90 Å². The van der Waals surface area contributed by atoms with Crippen LogP contribution in [-0.2, 0) is 6.42 Å². The van der Waals surface area contributed by atoms with Crippen molar-refractivity contribution < 1.29 is 0 Å². The fraction of sp³-hybridized carbons (Fsp3) is 0.500. The van der Waals surface area contributed by atoms with E-state index in [2.05, 4.69) is 55.2 Å². The van der Waals surface area contributed by atoms with Crippen molar-refractivity contribution in [2.45, 2.75) is 39.2 Å². The maximum atomic E-state index is 2.62. The van der Waals surface area contributed by atoms with Crippen LogP contribution in [0.15, 0.2) is 42.0 Å². The molecule has 0 amide bonds. The summed E-state index contributed by atoms with van der Waals surface area (Å²) in [4.78, 5) is 2.62. The highest BCUT2D eigenvalue weighted by atomic mass is 15.2. The summed E-state index contributed by atoms with van der Waals surface area (Å²) < 4.78 is 0. The van der Waals surface area contributed by atoms with Crippen LogP contribution in [0.5, 0.6) is 0 Å². The number of benzene rings is 1. The molecule has 0 radical (unpaired) electrons. The van der Waals surface area contributed by atoms with Gasteiger partial charge in [0.05, 0.1) is 0 Å². The molecule has 2 rings (SSSR count). The Hall–Kier alpha value is -1.08. The Morgan fingerprint density at radius 2 is 2.00 bits per heavy atom. The summed E-state index contributed by atoms with van der Waals surface area (Å²) in [5.74, 6) is 0. The number of nitrogens with zero attached hydrogens (tertiary/aromatic N) is 1. The fourth-order valence-electron chi connectivity index (χ4n) is 2.61. The zero-order chi connectivity index (χ0) is 12.1. The minimum absolute atomic E-state index is 0.603. The predicted molar refractivity (Wildman–Crippen MR) is 74.2 cm³/mol. The summed E-state index contributed by atoms with van der Waals surface area (Å²) in [5.41, 5.74) is 3.00. The number of hydrogen-bond acceptors (Lipinski definition) is 1. The van der Waals surface area contributed by atoms with Gasteiger partial charge in [-0.2, -0.15) is 0 Å². The summed E-state index contributed by atoms with van der Waals surface area (Å²) in [6, 6.07) is 11.4. The summed E-state index contributed by atoms with van der Waals surface area (Å²) >= 11 is 0. The third kappa shape index (κ3) is 3.44. The van der Waals surface area contributed by atoms with Crippen LogP contribution in [0.3, 0.4) is 0 Å². The van der Waals surface area contributed by atoms with E-state index in [0.717, 1.165) is 6.42 Å². The molecule has 1 aliphatic heterocycles. The van der Waals surface area contributed by atoms with Gasteiger partial charge in [-0.3, -0.25) is 4.90 Å². The fourth-order valence-corrected chi connectivity index (χ4v) is 2.61. The van der Waals surface area contributed by atoms with E-state index in [1.54, 1.807) is 5.57 Å². The number of rotatable bonds is 4. The lowest BCUT2D eigenvalue weighted by Crippen LogP contribution is -2.39. The van der Waals surface area contributed by atoms with Gasteiger partial charge in [-0.1, -0.05) is 48.9 Å².